The van der Waals surface area contributed by atoms with E-state index >= 15 is 0 Å². The summed E-state index contributed by atoms with van der Waals surface area (Å²) >= 11 is 0. The first-order chi connectivity index (χ1) is 16.0. The third kappa shape index (κ3) is 2.25. The molecule has 1 aromatic rings. The van der Waals surface area contributed by atoms with Crippen LogP contribution in [-0.4, -0.2) is 58.7 Å². The van der Waals surface area contributed by atoms with Gasteiger partial charge in [-0.15, -0.1) is 0 Å². The molecule has 1 saturated heterocycles. The van der Waals surface area contributed by atoms with Gasteiger partial charge in [-0.1, -0.05) is 26.8 Å². The first-order valence-electron chi connectivity index (χ1n) is 13.6. The molecule has 34 heavy (non-hydrogen) atoms. The van der Waals surface area contributed by atoms with Gasteiger partial charge in [-0.25, -0.2) is 0 Å². The number of methoxy groups -OCH3 is 1. The molecule has 5 aliphatic carbocycles. The number of piperidine rings is 1. The van der Waals surface area contributed by atoms with Crippen molar-refractivity contribution in [1.29, 1.82) is 0 Å². The first-order valence-corrected chi connectivity index (χ1v) is 13.6. The number of phenolic OH excluding ortho intramolecular Hbond substituents is 1. The number of nitrogens with zero attached hydrogens (tertiary/aromatic N) is 1. The second-order valence-corrected chi connectivity index (χ2v) is 13.8. The molecule has 7 aliphatic rings. The van der Waals surface area contributed by atoms with E-state index in [1.807, 2.05) is 20.1 Å². The Morgan fingerprint density at radius 2 is 1.91 bits per heavy atom. The van der Waals surface area contributed by atoms with E-state index in [4.69, 9.17) is 9.47 Å². The molecular weight excluding hydrogens is 426 g/mol. The fraction of sp³-hybridized carbons (Fsp3) is 0.793. The van der Waals surface area contributed by atoms with Crippen molar-refractivity contribution in [2.24, 2.45) is 22.7 Å². The molecule has 4 bridgehead atoms. The number of hydrogen-bond donors (Lipinski definition) is 2. The maximum absolute atomic E-state index is 12.2. The van der Waals surface area contributed by atoms with Crippen LogP contribution in [0.5, 0.6) is 11.5 Å². The van der Waals surface area contributed by atoms with Gasteiger partial charge in [0.1, 0.15) is 11.7 Å². The molecule has 5 fully saturated rings. The van der Waals surface area contributed by atoms with E-state index < -0.39 is 11.2 Å². The number of ether oxygens (including phenoxy) is 2. The van der Waals surface area contributed by atoms with Gasteiger partial charge in [0, 0.05) is 42.0 Å². The van der Waals surface area contributed by atoms with E-state index in [0.29, 0.717) is 11.8 Å². The molecule has 2 spiro atoms. The maximum Gasteiger partial charge on any atom is 0.165 e. The Labute approximate surface area is 203 Å². The molecule has 1 aromatic carbocycles. The van der Waals surface area contributed by atoms with Crippen molar-refractivity contribution in [3.63, 3.8) is 0 Å². The van der Waals surface area contributed by atoms with Gasteiger partial charge in [-0.3, -0.25) is 4.90 Å². The highest BCUT2D eigenvalue weighted by Crippen LogP contribution is 2.78. The van der Waals surface area contributed by atoms with Crippen molar-refractivity contribution < 1.29 is 19.7 Å². The lowest BCUT2D eigenvalue weighted by Crippen LogP contribution is -2.83. The average Bonchev–Trinajstić information content (AvgIpc) is 3.53. The van der Waals surface area contributed by atoms with Crippen LogP contribution in [0.3, 0.4) is 0 Å². The van der Waals surface area contributed by atoms with Crippen molar-refractivity contribution in [3.8, 4) is 11.5 Å². The summed E-state index contributed by atoms with van der Waals surface area (Å²) in [7, 11) is 1.83. The van der Waals surface area contributed by atoms with E-state index in [1.54, 1.807) is 0 Å². The first kappa shape index (κ1) is 21.9. The molecule has 2 N–H and O–H groups in total. The van der Waals surface area contributed by atoms with Gasteiger partial charge in [0.05, 0.1) is 5.60 Å². The topological polar surface area (TPSA) is 62.2 Å². The van der Waals surface area contributed by atoms with Crippen LogP contribution in [0.2, 0.25) is 0 Å². The van der Waals surface area contributed by atoms with Gasteiger partial charge in [0.15, 0.2) is 11.5 Å². The highest BCUT2D eigenvalue weighted by Gasteiger charge is 2.82. The Kier molecular flexibility index (Phi) is 4.08. The number of hydrogen-bond acceptors (Lipinski definition) is 5. The quantitative estimate of drug-likeness (QED) is 0.687. The molecular formula is C29H41NO4. The maximum atomic E-state index is 12.2. The summed E-state index contributed by atoms with van der Waals surface area (Å²) in [6.07, 6.45) is 7.64. The average molecular weight is 468 g/mol. The molecule has 186 valence electrons. The minimum Gasteiger partial charge on any atom is -0.504 e. The zero-order chi connectivity index (χ0) is 23.9. The Morgan fingerprint density at radius 1 is 1.15 bits per heavy atom. The molecule has 2 aliphatic heterocycles. The van der Waals surface area contributed by atoms with Crippen molar-refractivity contribution >= 4 is 0 Å². The van der Waals surface area contributed by atoms with E-state index in [9.17, 15) is 10.2 Å². The Morgan fingerprint density at radius 3 is 2.59 bits per heavy atom. The van der Waals surface area contributed by atoms with Crippen LogP contribution in [0.1, 0.15) is 77.3 Å². The van der Waals surface area contributed by atoms with Crippen LogP contribution >= 0.6 is 0 Å². The van der Waals surface area contributed by atoms with Crippen LogP contribution in [0.4, 0.5) is 0 Å². The number of rotatable bonds is 4. The van der Waals surface area contributed by atoms with E-state index in [-0.39, 0.29) is 34.0 Å². The van der Waals surface area contributed by atoms with Crippen LogP contribution in [0.25, 0.3) is 0 Å². The van der Waals surface area contributed by atoms with Crippen LogP contribution in [0, 0.1) is 22.7 Å². The molecule has 5 heteroatoms. The predicted octanol–water partition coefficient (Wildman–Crippen LogP) is 4.41. The van der Waals surface area contributed by atoms with Gasteiger partial charge < -0.3 is 19.7 Å². The minimum atomic E-state index is -0.909. The van der Waals surface area contributed by atoms with Crippen molar-refractivity contribution in [2.45, 2.75) is 101 Å². The third-order valence-electron chi connectivity index (χ3n) is 11.9. The normalized spacial score (nSPS) is 43.9. The number of aliphatic hydroxyl groups is 1. The van der Waals surface area contributed by atoms with Gasteiger partial charge in [0.2, 0.25) is 0 Å². The standard InChI is InChI=1S/C29H41NO4/c1-25(2,3)26(4,32)20-15-27-10-11-29(20,33-5)24-28(27)12-13-30(16-17-6-7-17)21(27)14-18-8-9-19(31)23(34-24)22(18)28/h8-9,17,20-21,24,31-32H,6-7,10-16H2,1-5H3/t20?,21-,24?,26+,27+,28+,29?/m1/s1. The van der Waals surface area contributed by atoms with Crippen molar-refractivity contribution in [2.75, 3.05) is 20.2 Å². The molecule has 0 radical (unpaired) electrons. The smallest absolute Gasteiger partial charge is 0.165 e. The summed E-state index contributed by atoms with van der Waals surface area (Å²) in [5.74, 6) is 1.80. The van der Waals surface area contributed by atoms with Crippen molar-refractivity contribution in [1.82, 2.24) is 4.90 Å². The summed E-state index contributed by atoms with van der Waals surface area (Å²) in [5, 5.41) is 23.2. The van der Waals surface area contributed by atoms with Gasteiger partial charge >= 0.3 is 0 Å². The summed E-state index contributed by atoms with van der Waals surface area (Å²) < 4.78 is 13.5. The Bertz CT molecular complexity index is 1060. The Hall–Kier alpha value is -1.30. The predicted molar refractivity (Wildman–Crippen MR) is 130 cm³/mol. The lowest BCUT2D eigenvalue weighted by Gasteiger charge is -2.75. The van der Waals surface area contributed by atoms with E-state index in [2.05, 4.69) is 31.7 Å². The number of benzene rings is 1. The highest BCUT2D eigenvalue weighted by molar-refractivity contribution is 5.63. The van der Waals surface area contributed by atoms with Crippen LogP contribution < -0.4 is 4.74 Å². The van der Waals surface area contributed by atoms with Gasteiger partial charge in [-0.2, -0.15) is 0 Å². The summed E-state index contributed by atoms with van der Waals surface area (Å²) in [4.78, 5) is 2.82. The van der Waals surface area contributed by atoms with Crippen LogP contribution in [-0.2, 0) is 16.6 Å². The SMILES string of the molecule is COC12CC[C@]3(CC1[C@](C)(O)C(C)(C)C)[C@H]1Cc4ccc(O)c5c4[C@@]3(CCN1CC1CC1)C2O5. The fourth-order valence-electron chi connectivity index (χ4n) is 9.58. The zero-order valence-electron chi connectivity index (χ0n) is 21.5. The van der Waals surface area contributed by atoms with E-state index in [0.717, 1.165) is 44.6 Å². The van der Waals surface area contributed by atoms with Gasteiger partial charge in [-0.05, 0) is 81.4 Å². The highest BCUT2D eigenvalue weighted by atomic mass is 16.6. The number of aromatic hydroxyl groups is 1. The number of likely N-dealkylation sites (tertiary alicyclic amines) is 1. The second-order valence-electron chi connectivity index (χ2n) is 13.8. The third-order valence-corrected chi connectivity index (χ3v) is 11.9. The van der Waals surface area contributed by atoms with E-state index in [1.165, 1.54) is 30.5 Å². The molecule has 3 unspecified atom stereocenters. The van der Waals surface area contributed by atoms with Crippen LogP contribution in [0.15, 0.2) is 12.1 Å². The Balaban J connectivity index is 1.47. The molecule has 2 heterocycles. The number of fused-ring (bicyclic) bond motifs is 2. The monoisotopic (exact) mass is 467 g/mol. The molecule has 7 atom stereocenters. The molecule has 8 rings (SSSR count). The molecule has 0 amide bonds. The molecule has 5 nitrogen and oxygen atoms in total. The molecule has 0 aromatic heterocycles. The number of phenols is 1. The fourth-order valence-corrected chi connectivity index (χ4v) is 9.58. The minimum absolute atomic E-state index is 0.0294. The second kappa shape index (κ2) is 6.33. The van der Waals surface area contributed by atoms with Crippen molar-refractivity contribution in [3.05, 3.63) is 23.3 Å². The molecule has 4 saturated carbocycles. The lowest BCUT2D eigenvalue weighted by molar-refractivity contribution is -0.312. The summed E-state index contributed by atoms with van der Waals surface area (Å²) in [6.45, 7) is 10.8. The summed E-state index contributed by atoms with van der Waals surface area (Å²) in [6, 6.07) is 4.46. The summed E-state index contributed by atoms with van der Waals surface area (Å²) in [5.41, 5.74) is 0.783. The largest absolute Gasteiger partial charge is 0.504 e. The lowest BCUT2D eigenvalue weighted by atomic mass is 9.33. The zero-order valence-corrected chi connectivity index (χ0v) is 21.5. The van der Waals surface area contributed by atoms with Gasteiger partial charge in [0.25, 0.3) is 0 Å².